The van der Waals surface area contributed by atoms with E-state index in [9.17, 15) is 22.5 Å². The largest absolute Gasteiger partial charge is 0.573 e. The lowest BCUT2D eigenvalue weighted by molar-refractivity contribution is -0.274. The van der Waals surface area contributed by atoms with E-state index in [2.05, 4.69) is 9.46 Å². The fourth-order valence-corrected chi connectivity index (χ4v) is 5.91. The Morgan fingerprint density at radius 2 is 1.54 bits per heavy atom. The van der Waals surface area contributed by atoms with Gasteiger partial charge in [0.1, 0.15) is 15.7 Å². The highest BCUT2D eigenvalue weighted by Crippen LogP contribution is 2.49. The van der Waals surface area contributed by atoms with Gasteiger partial charge in [-0.2, -0.15) is 0 Å². The molecule has 0 spiro atoms. The second-order valence-corrected chi connectivity index (χ2v) is 10.2. The van der Waals surface area contributed by atoms with Crippen LogP contribution in [0, 0.1) is 4.78 Å². The van der Waals surface area contributed by atoms with E-state index in [4.69, 9.17) is 9.52 Å². The van der Waals surface area contributed by atoms with Crippen LogP contribution in [0.25, 0.3) is 0 Å². The number of nitrogens with zero attached hydrogens (tertiary/aromatic N) is 1. The number of hydrogen-bond donors (Lipinski definition) is 3. The molecule has 4 unspecified atom stereocenters. The van der Waals surface area contributed by atoms with Crippen LogP contribution in [0.15, 0.2) is 77.7 Å². The Balaban J connectivity index is 1.37. The van der Waals surface area contributed by atoms with Crippen molar-refractivity contribution < 1.29 is 32.0 Å². The maximum absolute atomic E-state index is 13.1. The van der Waals surface area contributed by atoms with Crippen LogP contribution in [-0.4, -0.2) is 33.9 Å². The van der Waals surface area contributed by atoms with E-state index < -0.39 is 34.2 Å². The molecule has 2 aliphatic rings. The highest BCUT2D eigenvalue weighted by molar-refractivity contribution is 7.90. The van der Waals surface area contributed by atoms with E-state index in [0.29, 0.717) is 24.3 Å². The van der Waals surface area contributed by atoms with Gasteiger partial charge in [0.05, 0.1) is 28.4 Å². The summed E-state index contributed by atoms with van der Waals surface area (Å²) in [6.07, 6.45) is -4.83. The summed E-state index contributed by atoms with van der Waals surface area (Å²) in [5, 5.41) is 11.2. The van der Waals surface area contributed by atoms with Gasteiger partial charge in [-0.3, -0.25) is 0 Å². The molecule has 5 rings (SSSR count). The number of aliphatic hydroxyl groups is 1. The van der Waals surface area contributed by atoms with Crippen molar-refractivity contribution in [1.82, 2.24) is 4.72 Å². The molecular formula is C24H22F3N3O4S. The molecule has 1 aliphatic carbocycles. The Labute approximate surface area is 200 Å². The van der Waals surface area contributed by atoms with Gasteiger partial charge in [0, 0.05) is 6.04 Å². The van der Waals surface area contributed by atoms with Crippen molar-refractivity contribution in [2.75, 3.05) is 4.90 Å². The first-order valence-corrected chi connectivity index (χ1v) is 12.4. The van der Waals surface area contributed by atoms with Crippen LogP contribution in [0.4, 0.5) is 24.5 Å². The maximum atomic E-state index is 13.1. The quantitative estimate of drug-likeness (QED) is 0.436. The summed E-state index contributed by atoms with van der Waals surface area (Å²) < 4.78 is 71.2. The molecule has 1 aliphatic heterocycles. The van der Waals surface area contributed by atoms with E-state index in [1.54, 1.807) is 0 Å². The zero-order chi connectivity index (χ0) is 24.8. The van der Waals surface area contributed by atoms with Crippen molar-refractivity contribution in [3.8, 4) is 17.2 Å². The summed E-state index contributed by atoms with van der Waals surface area (Å²) in [6, 6.07) is 18.2. The summed E-state index contributed by atoms with van der Waals surface area (Å²) in [6.45, 7) is 0. The lowest BCUT2D eigenvalue weighted by atomic mass is 10.1. The molecule has 0 aromatic heterocycles. The summed E-state index contributed by atoms with van der Waals surface area (Å²) in [4.78, 5) is 2.00. The molecule has 4 atom stereocenters. The normalized spacial score (nSPS) is 23.1. The number of fused-ring (bicyclic) bond motifs is 2. The average molecular weight is 506 g/mol. The van der Waals surface area contributed by atoms with E-state index in [0.717, 1.165) is 35.6 Å². The third-order valence-corrected chi connectivity index (χ3v) is 7.66. The van der Waals surface area contributed by atoms with Crippen LogP contribution in [0.2, 0.25) is 0 Å². The van der Waals surface area contributed by atoms with Crippen molar-refractivity contribution in [1.29, 1.82) is 4.78 Å². The Morgan fingerprint density at radius 3 is 2.11 bits per heavy atom. The van der Waals surface area contributed by atoms with Gasteiger partial charge in [0.25, 0.3) is 0 Å². The molecule has 7 nitrogen and oxygen atoms in total. The van der Waals surface area contributed by atoms with Crippen LogP contribution in [0.1, 0.15) is 12.8 Å². The highest BCUT2D eigenvalue weighted by Gasteiger charge is 2.43. The maximum Gasteiger partial charge on any atom is 0.573 e. The minimum Gasteiger partial charge on any atom is -0.453 e. The first kappa shape index (κ1) is 23.5. The van der Waals surface area contributed by atoms with Gasteiger partial charge >= 0.3 is 6.36 Å². The highest BCUT2D eigenvalue weighted by atomic mass is 32.2. The zero-order valence-corrected chi connectivity index (χ0v) is 19.1. The SMILES string of the molecule is N=S(=O)(NC1CCC(N2c3ccccc3Oc3ccccc32)C1O)c1ccc(OC(F)(F)F)cc1. The molecule has 0 bridgehead atoms. The van der Waals surface area contributed by atoms with E-state index in [1.807, 2.05) is 53.4 Å². The number of rotatable bonds is 5. The Morgan fingerprint density at radius 1 is 0.971 bits per heavy atom. The average Bonchev–Trinajstić information content (AvgIpc) is 3.15. The first-order valence-electron chi connectivity index (χ1n) is 10.9. The van der Waals surface area contributed by atoms with E-state index >= 15 is 0 Å². The van der Waals surface area contributed by atoms with Crippen molar-refractivity contribution in [3.05, 3.63) is 72.8 Å². The Bertz CT molecular complexity index is 1290. The van der Waals surface area contributed by atoms with Crippen molar-refractivity contribution in [3.63, 3.8) is 0 Å². The number of halogens is 3. The number of aliphatic hydroxyl groups excluding tert-OH is 1. The molecule has 11 heteroatoms. The molecular weight excluding hydrogens is 483 g/mol. The summed E-state index contributed by atoms with van der Waals surface area (Å²) >= 11 is 0. The van der Waals surface area contributed by atoms with Crippen molar-refractivity contribution in [2.45, 2.75) is 42.3 Å². The topological polar surface area (TPSA) is 94.9 Å². The third-order valence-electron chi connectivity index (χ3n) is 6.09. The second kappa shape index (κ2) is 8.74. The zero-order valence-electron chi connectivity index (χ0n) is 18.2. The minimum atomic E-state index is -4.85. The fraction of sp³-hybridized carbons (Fsp3) is 0.250. The van der Waals surface area contributed by atoms with Crippen molar-refractivity contribution >= 4 is 21.3 Å². The number of hydrogen-bond acceptors (Lipinski definition) is 6. The van der Waals surface area contributed by atoms with E-state index in [-0.39, 0.29) is 10.9 Å². The molecule has 1 heterocycles. The lowest BCUT2D eigenvalue weighted by Gasteiger charge is -2.38. The fourth-order valence-electron chi connectivity index (χ4n) is 4.58. The van der Waals surface area contributed by atoms with Crippen LogP contribution < -0.4 is 19.1 Å². The Hall–Kier alpha value is -3.28. The van der Waals surface area contributed by atoms with Gasteiger partial charge in [-0.25, -0.2) is 13.7 Å². The number of alkyl halides is 3. The second-order valence-electron chi connectivity index (χ2n) is 8.34. The van der Waals surface area contributed by atoms with Gasteiger partial charge in [0.2, 0.25) is 0 Å². The summed E-state index contributed by atoms with van der Waals surface area (Å²) in [5.41, 5.74) is 1.59. The standard InChI is InChI=1S/C24H22F3N3O4S/c25-24(26,27)34-15-9-11-16(12-10-15)35(28,32)29-17-13-14-20(23(17)31)30-18-5-1-3-7-21(18)33-22-8-4-2-6-19(22)30/h1-12,17,20,23,31H,13-14H2,(H2,28,29,32). The predicted molar refractivity (Wildman–Crippen MR) is 123 cm³/mol. The van der Waals surface area contributed by atoms with Gasteiger partial charge in [-0.05, 0) is 61.4 Å². The molecule has 0 amide bonds. The molecule has 0 saturated heterocycles. The lowest BCUT2D eigenvalue weighted by Crippen LogP contribution is -2.47. The van der Waals surface area contributed by atoms with Gasteiger partial charge < -0.3 is 19.5 Å². The number of para-hydroxylation sites is 4. The number of benzene rings is 3. The number of ether oxygens (including phenoxy) is 2. The predicted octanol–water partition coefficient (Wildman–Crippen LogP) is 5.33. The molecule has 3 N–H and O–H groups in total. The number of nitrogens with one attached hydrogen (secondary N) is 2. The van der Waals surface area contributed by atoms with E-state index in [1.165, 1.54) is 0 Å². The molecule has 35 heavy (non-hydrogen) atoms. The molecule has 0 radical (unpaired) electrons. The number of anilines is 2. The minimum absolute atomic E-state index is 0.00950. The van der Waals surface area contributed by atoms with Gasteiger partial charge in [-0.1, -0.05) is 24.3 Å². The van der Waals surface area contributed by atoms with Gasteiger partial charge in [-0.15, -0.1) is 13.2 Å². The monoisotopic (exact) mass is 505 g/mol. The first-order chi connectivity index (χ1) is 16.6. The van der Waals surface area contributed by atoms with Crippen LogP contribution >= 0.6 is 0 Å². The Kier molecular flexibility index (Phi) is 5.86. The summed E-state index contributed by atoms with van der Waals surface area (Å²) in [5.74, 6) is 0.836. The molecule has 1 fully saturated rings. The van der Waals surface area contributed by atoms with Gasteiger partial charge in [0.15, 0.2) is 11.5 Å². The third kappa shape index (κ3) is 4.66. The molecule has 184 valence electrons. The molecule has 3 aromatic carbocycles. The molecule has 3 aromatic rings. The van der Waals surface area contributed by atoms with Crippen LogP contribution in [0.3, 0.4) is 0 Å². The smallest absolute Gasteiger partial charge is 0.453 e. The summed E-state index contributed by atoms with van der Waals surface area (Å²) in [7, 11) is -3.60. The molecule has 1 saturated carbocycles. The van der Waals surface area contributed by atoms with Crippen LogP contribution in [-0.2, 0) is 9.92 Å². The van der Waals surface area contributed by atoms with Crippen LogP contribution in [0.5, 0.6) is 17.2 Å². The van der Waals surface area contributed by atoms with Crippen molar-refractivity contribution in [2.24, 2.45) is 0 Å².